The molecule has 0 aliphatic rings. The zero-order valence-electron chi connectivity index (χ0n) is 52.9. The van der Waals surface area contributed by atoms with E-state index in [0.717, 1.165) is 44.9 Å². The zero-order chi connectivity index (χ0) is 56.4. The number of unbranched alkanes of at least 4 members (excludes halogenated alkanes) is 52. The summed E-state index contributed by atoms with van der Waals surface area (Å²) >= 11 is 0. The monoisotopic (exact) mass is 1100 g/mol. The highest BCUT2D eigenvalue weighted by molar-refractivity contribution is 5.76. The average molecular weight is 1100 g/mol. The van der Waals surface area contributed by atoms with E-state index in [1.165, 1.54) is 321 Å². The van der Waals surface area contributed by atoms with Crippen molar-refractivity contribution >= 4 is 11.9 Å². The average Bonchev–Trinajstić information content (AvgIpc) is 3.44. The number of carbonyl (C=O) groups excluding carboxylic acids is 2. The van der Waals surface area contributed by atoms with E-state index in [1.807, 2.05) is 0 Å². The maximum Gasteiger partial charge on any atom is 0.305 e. The van der Waals surface area contributed by atoms with Crippen molar-refractivity contribution in [3.8, 4) is 0 Å². The van der Waals surface area contributed by atoms with Gasteiger partial charge in [0.25, 0.3) is 0 Å². The molecule has 0 spiro atoms. The first-order valence-electron chi connectivity index (χ1n) is 35.6. The third kappa shape index (κ3) is 63.5. The van der Waals surface area contributed by atoms with Gasteiger partial charge < -0.3 is 20.3 Å². The fraction of sp³-hybridized carbons (Fsp3) is 0.917. The molecule has 0 fully saturated rings. The van der Waals surface area contributed by atoms with Gasteiger partial charge >= 0.3 is 5.97 Å². The number of rotatable bonds is 67. The van der Waals surface area contributed by atoms with Crippen LogP contribution in [0.3, 0.4) is 0 Å². The molecule has 3 N–H and O–H groups in total. The summed E-state index contributed by atoms with van der Waals surface area (Å²) in [6, 6.07) is -0.542. The number of nitrogens with one attached hydrogen (secondary N) is 1. The molecule has 0 bridgehead atoms. The smallest absolute Gasteiger partial charge is 0.305 e. The van der Waals surface area contributed by atoms with Gasteiger partial charge in [-0.15, -0.1) is 0 Å². The highest BCUT2D eigenvalue weighted by Gasteiger charge is 2.20. The second kappa shape index (κ2) is 67.8. The predicted molar refractivity (Wildman–Crippen MR) is 343 cm³/mol. The summed E-state index contributed by atoms with van der Waals surface area (Å²) in [6.45, 7) is 4.98. The van der Waals surface area contributed by atoms with E-state index in [9.17, 15) is 19.8 Å². The van der Waals surface area contributed by atoms with Crippen LogP contribution in [0.25, 0.3) is 0 Å². The van der Waals surface area contributed by atoms with Crippen LogP contribution in [0.5, 0.6) is 0 Å². The Bertz CT molecular complexity index is 1220. The van der Waals surface area contributed by atoms with Crippen molar-refractivity contribution in [1.82, 2.24) is 5.32 Å². The van der Waals surface area contributed by atoms with Crippen LogP contribution in [0.2, 0.25) is 0 Å². The molecule has 0 heterocycles. The van der Waals surface area contributed by atoms with Gasteiger partial charge in [-0.1, -0.05) is 334 Å². The lowest BCUT2D eigenvalue weighted by Crippen LogP contribution is -2.45. The largest absolute Gasteiger partial charge is 0.466 e. The standard InChI is InChI=1S/C72H139NO5/c1-3-5-7-9-11-13-15-17-19-21-34-38-42-46-50-54-58-62-66-72(77)78-67-63-59-55-51-47-43-39-35-32-30-28-26-24-22-23-25-27-29-31-33-37-41-45-49-53-57-61-65-71(76)73-69(68-74)70(75)64-60-56-52-48-44-40-36-20-18-16-14-12-10-8-6-4-2/h19,21-23,69-70,74-75H,3-18,20,24-68H2,1-2H3,(H,73,76)/b21-19-,23-22-. The number of esters is 1. The van der Waals surface area contributed by atoms with Crippen molar-refractivity contribution in [2.75, 3.05) is 13.2 Å². The van der Waals surface area contributed by atoms with Gasteiger partial charge in [0.05, 0.1) is 25.4 Å². The van der Waals surface area contributed by atoms with E-state index in [2.05, 4.69) is 43.5 Å². The highest BCUT2D eigenvalue weighted by atomic mass is 16.5. The molecule has 78 heavy (non-hydrogen) atoms. The fourth-order valence-corrected chi connectivity index (χ4v) is 11.3. The van der Waals surface area contributed by atoms with Crippen molar-refractivity contribution in [1.29, 1.82) is 0 Å². The molecule has 0 radical (unpaired) electrons. The summed E-state index contributed by atoms with van der Waals surface area (Å²) in [7, 11) is 0. The third-order valence-electron chi connectivity index (χ3n) is 16.7. The molecule has 1 amide bonds. The van der Waals surface area contributed by atoms with Crippen molar-refractivity contribution < 1.29 is 24.5 Å². The maximum absolute atomic E-state index is 12.5. The van der Waals surface area contributed by atoms with Crippen molar-refractivity contribution in [3.05, 3.63) is 24.3 Å². The Kier molecular flexibility index (Phi) is 66.4. The lowest BCUT2D eigenvalue weighted by atomic mass is 10.0. The number of aliphatic hydroxyl groups is 2. The molecule has 462 valence electrons. The van der Waals surface area contributed by atoms with Gasteiger partial charge in [0.2, 0.25) is 5.91 Å². The number of allylic oxidation sites excluding steroid dienone is 4. The Hall–Kier alpha value is -1.66. The summed E-state index contributed by atoms with van der Waals surface area (Å²) in [5.74, 6) is -0.0197. The molecule has 0 aliphatic heterocycles. The number of amides is 1. The maximum atomic E-state index is 12.5. The normalized spacial score (nSPS) is 12.6. The molecule has 6 heteroatoms. The molecule has 0 rings (SSSR count). The van der Waals surface area contributed by atoms with Crippen LogP contribution in [-0.4, -0.2) is 47.4 Å². The second-order valence-electron chi connectivity index (χ2n) is 24.6. The van der Waals surface area contributed by atoms with Crippen molar-refractivity contribution in [2.24, 2.45) is 0 Å². The van der Waals surface area contributed by atoms with Gasteiger partial charge in [-0.05, 0) is 77.0 Å². The first-order valence-corrected chi connectivity index (χ1v) is 35.6. The summed E-state index contributed by atoms with van der Waals surface area (Å²) < 4.78 is 5.50. The van der Waals surface area contributed by atoms with Crippen molar-refractivity contribution in [3.63, 3.8) is 0 Å². The van der Waals surface area contributed by atoms with Crippen LogP contribution in [0, 0.1) is 0 Å². The molecule has 0 aromatic heterocycles. The predicted octanol–water partition coefficient (Wildman–Crippen LogP) is 22.9. The number of carbonyl (C=O) groups is 2. The van der Waals surface area contributed by atoms with E-state index >= 15 is 0 Å². The lowest BCUT2D eigenvalue weighted by molar-refractivity contribution is -0.143. The highest BCUT2D eigenvalue weighted by Crippen LogP contribution is 2.19. The van der Waals surface area contributed by atoms with Crippen LogP contribution in [0.4, 0.5) is 0 Å². The third-order valence-corrected chi connectivity index (χ3v) is 16.7. The lowest BCUT2D eigenvalue weighted by Gasteiger charge is -2.22. The first kappa shape index (κ1) is 76.3. The molecule has 6 nitrogen and oxygen atoms in total. The van der Waals surface area contributed by atoms with Gasteiger partial charge in [0, 0.05) is 12.8 Å². The molecule has 0 aromatic carbocycles. The summed E-state index contributed by atoms with van der Waals surface area (Å²) in [5, 5.41) is 23.3. The Morgan fingerprint density at radius 1 is 0.346 bits per heavy atom. The van der Waals surface area contributed by atoms with E-state index in [1.54, 1.807) is 0 Å². The van der Waals surface area contributed by atoms with Crippen LogP contribution in [0.1, 0.15) is 399 Å². The fourth-order valence-electron chi connectivity index (χ4n) is 11.3. The number of ether oxygens (including phenoxy) is 1. The minimum atomic E-state index is -0.665. The Balaban J connectivity index is 3.37. The minimum absolute atomic E-state index is 0.0130. The molecule has 2 atom stereocenters. The molecule has 0 aliphatic carbocycles. The minimum Gasteiger partial charge on any atom is -0.466 e. The molecule has 0 saturated heterocycles. The molecular formula is C72H139NO5. The Morgan fingerprint density at radius 3 is 0.910 bits per heavy atom. The van der Waals surface area contributed by atoms with E-state index in [-0.39, 0.29) is 18.5 Å². The summed E-state index contributed by atoms with van der Waals surface area (Å²) in [4.78, 5) is 24.6. The van der Waals surface area contributed by atoms with Crippen LogP contribution in [0.15, 0.2) is 24.3 Å². The van der Waals surface area contributed by atoms with Crippen LogP contribution < -0.4 is 5.32 Å². The van der Waals surface area contributed by atoms with Gasteiger partial charge in [-0.25, -0.2) is 0 Å². The van der Waals surface area contributed by atoms with Gasteiger partial charge in [-0.3, -0.25) is 9.59 Å². The second-order valence-corrected chi connectivity index (χ2v) is 24.6. The number of aliphatic hydroxyl groups excluding tert-OH is 2. The first-order chi connectivity index (χ1) is 38.5. The van der Waals surface area contributed by atoms with Gasteiger partial charge in [0.1, 0.15) is 0 Å². The van der Waals surface area contributed by atoms with Gasteiger partial charge in [-0.2, -0.15) is 0 Å². The van der Waals surface area contributed by atoms with E-state index < -0.39 is 12.1 Å². The topological polar surface area (TPSA) is 95.9 Å². The molecule has 0 aromatic rings. The Morgan fingerprint density at radius 2 is 0.603 bits per heavy atom. The number of hydrogen-bond acceptors (Lipinski definition) is 5. The van der Waals surface area contributed by atoms with Gasteiger partial charge in [0.15, 0.2) is 0 Å². The number of hydrogen-bond donors (Lipinski definition) is 3. The quantitative estimate of drug-likeness (QED) is 0.0320. The Labute approximate surface area is 488 Å². The van der Waals surface area contributed by atoms with Crippen molar-refractivity contribution in [2.45, 2.75) is 411 Å². The van der Waals surface area contributed by atoms with Crippen LogP contribution >= 0.6 is 0 Å². The van der Waals surface area contributed by atoms with E-state index in [0.29, 0.717) is 25.9 Å². The summed E-state index contributed by atoms with van der Waals surface area (Å²) in [5.41, 5.74) is 0. The SMILES string of the molecule is CCCCCCCCC/C=C\CCCCCCCCCC(=O)OCCCCCCCCCCCCCC/C=C\CCCCCCCCCCCCCC(=O)NC(CO)C(O)CCCCCCCCCCCCCCCCCC. The summed E-state index contributed by atoms with van der Waals surface area (Å²) in [6.07, 6.45) is 85.1. The zero-order valence-corrected chi connectivity index (χ0v) is 52.9. The molecular weight excluding hydrogens is 959 g/mol. The van der Waals surface area contributed by atoms with Crippen LogP contribution in [-0.2, 0) is 14.3 Å². The molecule has 0 saturated carbocycles. The molecule has 2 unspecified atom stereocenters. The van der Waals surface area contributed by atoms with E-state index in [4.69, 9.17) is 4.74 Å².